The molecule has 0 saturated heterocycles. The highest BCUT2D eigenvalue weighted by atomic mass is 32.1. The van der Waals surface area contributed by atoms with Crippen molar-refractivity contribution in [1.82, 2.24) is 9.88 Å². The molecule has 29 heavy (non-hydrogen) atoms. The van der Waals surface area contributed by atoms with Crippen molar-refractivity contribution >= 4 is 28.1 Å². The largest absolute Gasteiger partial charge is 0.416 e. The van der Waals surface area contributed by atoms with Crippen LogP contribution in [0.5, 0.6) is 0 Å². The van der Waals surface area contributed by atoms with Gasteiger partial charge >= 0.3 is 6.18 Å². The number of hydrogen-bond acceptors (Lipinski definition) is 4. The first-order valence-electron chi connectivity index (χ1n) is 9.12. The third kappa shape index (κ3) is 4.59. The van der Waals surface area contributed by atoms with Gasteiger partial charge in [-0.3, -0.25) is 4.79 Å². The van der Waals surface area contributed by atoms with E-state index in [1.165, 1.54) is 23.0 Å². The van der Waals surface area contributed by atoms with Crippen LogP contribution in [0.1, 0.15) is 22.4 Å². The van der Waals surface area contributed by atoms with Gasteiger partial charge in [-0.05, 0) is 35.7 Å². The molecule has 0 fully saturated rings. The fourth-order valence-corrected chi connectivity index (χ4v) is 4.05. The third-order valence-corrected chi connectivity index (χ3v) is 5.62. The van der Waals surface area contributed by atoms with Crippen molar-refractivity contribution in [1.29, 1.82) is 0 Å². The number of anilines is 2. The highest BCUT2D eigenvalue weighted by molar-refractivity contribution is 7.13. The van der Waals surface area contributed by atoms with E-state index in [9.17, 15) is 18.0 Å². The van der Waals surface area contributed by atoms with Crippen LogP contribution >= 0.6 is 11.3 Å². The second-order valence-corrected chi connectivity index (χ2v) is 7.72. The number of rotatable bonds is 4. The number of carbonyl (C=O) groups is 1. The van der Waals surface area contributed by atoms with Gasteiger partial charge in [-0.15, -0.1) is 11.3 Å². The van der Waals surface area contributed by atoms with Gasteiger partial charge in [0.25, 0.3) is 0 Å². The zero-order chi connectivity index (χ0) is 20.4. The van der Waals surface area contributed by atoms with Crippen molar-refractivity contribution in [3.8, 4) is 0 Å². The lowest BCUT2D eigenvalue weighted by Crippen LogP contribution is -2.36. The molecule has 1 aliphatic rings. The molecule has 8 heteroatoms. The van der Waals surface area contributed by atoms with Crippen LogP contribution in [0.3, 0.4) is 0 Å². The Bertz CT molecular complexity index is 1030. The van der Waals surface area contributed by atoms with Crippen LogP contribution in [0.25, 0.3) is 0 Å². The summed E-state index contributed by atoms with van der Waals surface area (Å²) in [6, 6.07) is 13.1. The molecule has 4 rings (SSSR count). The predicted octanol–water partition coefficient (Wildman–Crippen LogP) is 5.03. The van der Waals surface area contributed by atoms with E-state index >= 15 is 0 Å². The molecule has 1 N–H and O–H groups in total. The van der Waals surface area contributed by atoms with Gasteiger partial charge in [0.15, 0.2) is 5.13 Å². The molecule has 0 radical (unpaired) electrons. The molecule has 0 unspecified atom stereocenters. The molecule has 0 aliphatic carbocycles. The zero-order valence-corrected chi connectivity index (χ0v) is 16.2. The van der Waals surface area contributed by atoms with Crippen LogP contribution in [0, 0.1) is 0 Å². The van der Waals surface area contributed by atoms with Crippen LogP contribution in [0.2, 0.25) is 0 Å². The van der Waals surface area contributed by atoms with Crippen molar-refractivity contribution in [3.63, 3.8) is 0 Å². The quantitative estimate of drug-likeness (QED) is 0.647. The maximum Gasteiger partial charge on any atom is 0.416 e. The maximum atomic E-state index is 12.8. The molecule has 1 aromatic heterocycles. The molecular formula is C21H18F3N3OS. The molecule has 150 valence electrons. The predicted molar refractivity (Wildman–Crippen MR) is 106 cm³/mol. The molecule has 0 atom stereocenters. The lowest BCUT2D eigenvalue weighted by atomic mass is 10.00. The van der Waals surface area contributed by atoms with E-state index in [0.29, 0.717) is 29.6 Å². The Hall–Kier alpha value is -2.87. The average molecular weight is 417 g/mol. The minimum Gasteiger partial charge on any atom is -0.338 e. The first-order chi connectivity index (χ1) is 13.9. The third-order valence-electron chi connectivity index (χ3n) is 4.81. The van der Waals surface area contributed by atoms with E-state index in [1.54, 1.807) is 11.4 Å². The lowest BCUT2D eigenvalue weighted by molar-refractivity contribution is -0.137. The van der Waals surface area contributed by atoms with Crippen molar-refractivity contribution in [2.75, 3.05) is 11.9 Å². The Morgan fingerprint density at radius 3 is 2.72 bits per heavy atom. The first kappa shape index (κ1) is 19.4. The maximum absolute atomic E-state index is 12.8. The Morgan fingerprint density at radius 2 is 1.93 bits per heavy atom. The van der Waals surface area contributed by atoms with Crippen LogP contribution in [-0.2, 0) is 30.4 Å². The van der Waals surface area contributed by atoms with E-state index in [4.69, 9.17) is 0 Å². The molecule has 0 saturated carbocycles. The van der Waals surface area contributed by atoms with E-state index < -0.39 is 11.7 Å². The molecule has 0 bridgehead atoms. The van der Waals surface area contributed by atoms with Gasteiger partial charge in [-0.2, -0.15) is 13.2 Å². The minimum atomic E-state index is -4.40. The SMILES string of the molecule is O=C(Cc1csc(Nc2cccc(C(F)(F)F)c2)n1)N1CCc2ccccc2C1. The van der Waals surface area contributed by atoms with Crippen LogP contribution in [-0.4, -0.2) is 22.3 Å². The van der Waals surface area contributed by atoms with E-state index in [2.05, 4.69) is 16.4 Å². The number of carbonyl (C=O) groups excluding carboxylic acids is 1. The van der Waals surface area contributed by atoms with Gasteiger partial charge in [0, 0.05) is 24.2 Å². The average Bonchev–Trinajstić information content (AvgIpc) is 3.13. The first-order valence-corrected chi connectivity index (χ1v) is 10.00. The molecule has 3 aromatic rings. The lowest BCUT2D eigenvalue weighted by Gasteiger charge is -2.28. The number of hydrogen-bond donors (Lipinski definition) is 1. The molecule has 1 amide bonds. The van der Waals surface area contributed by atoms with Gasteiger partial charge in [-0.1, -0.05) is 30.3 Å². The van der Waals surface area contributed by atoms with Crippen LogP contribution in [0.15, 0.2) is 53.9 Å². The molecular weight excluding hydrogens is 399 g/mol. The molecule has 2 aromatic carbocycles. The number of thiazole rings is 1. The van der Waals surface area contributed by atoms with Gasteiger partial charge in [0.2, 0.25) is 5.91 Å². The number of halogens is 3. The van der Waals surface area contributed by atoms with Crippen LogP contribution < -0.4 is 5.32 Å². The summed E-state index contributed by atoms with van der Waals surface area (Å²) >= 11 is 1.26. The Balaban J connectivity index is 1.39. The summed E-state index contributed by atoms with van der Waals surface area (Å²) in [6.07, 6.45) is -3.39. The zero-order valence-electron chi connectivity index (χ0n) is 15.4. The van der Waals surface area contributed by atoms with E-state index in [-0.39, 0.29) is 12.3 Å². The second kappa shape index (κ2) is 7.87. The Kier molecular flexibility index (Phi) is 5.27. The Labute approximate surface area is 170 Å². The molecule has 1 aliphatic heterocycles. The van der Waals surface area contributed by atoms with Gasteiger partial charge in [0.1, 0.15) is 0 Å². The van der Waals surface area contributed by atoms with E-state index in [1.807, 2.05) is 23.1 Å². The fourth-order valence-electron chi connectivity index (χ4n) is 3.32. The number of nitrogens with one attached hydrogen (secondary N) is 1. The Morgan fingerprint density at radius 1 is 1.14 bits per heavy atom. The summed E-state index contributed by atoms with van der Waals surface area (Å²) in [5.41, 5.74) is 2.63. The van der Waals surface area contributed by atoms with E-state index in [0.717, 1.165) is 24.1 Å². The summed E-state index contributed by atoms with van der Waals surface area (Å²) in [5.74, 6) is -0.00424. The summed E-state index contributed by atoms with van der Waals surface area (Å²) in [6.45, 7) is 1.27. The summed E-state index contributed by atoms with van der Waals surface area (Å²) in [7, 11) is 0. The van der Waals surface area contributed by atoms with Crippen LogP contribution in [0.4, 0.5) is 24.0 Å². The summed E-state index contributed by atoms with van der Waals surface area (Å²) < 4.78 is 38.5. The molecule has 4 nitrogen and oxygen atoms in total. The normalized spacial score (nSPS) is 13.8. The standard InChI is InChI=1S/C21H18F3N3OS/c22-21(23,24)16-6-3-7-17(10-16)25-20-26-18(13-29-20)11-19(28)27-9-8-14-4-1-2-5-15(14)12-27/h1-7,10,13H,8-9,11-12H2,(H,25,26). The smallest absolute Gasteiger partial charge is 0.338 e. The number of fused-ring (bicyclic) bond motifs is 1. The minimum absolute atomic E-state index is 0.00424. The van der Waals surface area contributed by atoms with Crippen molar-refractivity contribution in [2.45, 2.75) is 25.6 Å². The number of benzene rings is 2. The van der Waals surface area contributed by atoms with Crippen molar-refractivity contribution in [3.05, 3.63) is 76.3 Å². The number of aromatic nitrogens is 1. The summed E-state index contributed by atoms with van der Waals surface area (Å²) in [4.78, 5) is 18.8. The summed E-state index contributed by atoms with van der Waals surface area (Å²) in [5, 5.41) is 5.10. The molecule has 2 heterocycles. The number of nitrogens with zero attached hydrogens (tertiary/aromatic N) is 2. The second-order valence-electron chi connectivity index (χ2n) is 6.86. The van der Waals surface area contributed by atoms with Gasteiger partial charge in [-0.25, -0.2) is 4.98 Å². The topological polar surface area (TPSA) is 45.2 Å². The van der Waals surface area contributed by atoms with Crippen molar-refractivity contribution in [2.24, 2.45) is 0 Å². The highest BCUT2D eigenvalue weighted by Gasteiger charge is 2.30. The van der Waals surface area contributed by atoms with Gasteiger partial charge in [0.05, 0.1) is 17.7 Å². The monoisotopic (exact) mass is 417 g/mol. The van der Waals surface area contributed by atoms with Gasteiger partial charge < -0.3 is 10.2 Å². The number of alkyl halides is 3. The number of amides is 1. The highest BCUT2D eigenvalue weighted by Crippen LogP contribution is 2.32. The van der Waals surface area contributed by atoms with Crippen molar-refractivity contribution < 1.29 is 18.0 Å². The molecule has 0 spiro atoms. The fraction of sp³-hybridized carbons (Fsp3) is 0.238.